The molecule has 4 heteroatoms. The van der Waals surface area contributed by atoms with Crippen molar-refractivity contribution in [3.05, 3.63) is 22.4 Å². The zero-order chi connectivity index (χ0) is 11.6. The fraction of sp³-hybridized carbons (Fsp3) is 0.667. The monoisotopic (exact) mass is 242 g/mol. The van der Waals surface area contributed by atoms with Gasteiger partial charge in [0.1, 0.15) is 0 Å². The predicted molar refractivity (Wildman–Crippen MR) is 70.2 cm³/mol. The van der Waals surface area contributed by atoms with Gasteiger partial charge in [-0.2, -0.15) is 11.3 Å². The second-order valence-electron chi connectivity index (χ2n) is 3.88. The lowest BCUT2D eigenvalue weighted by Crippen LogP contribution is -2.33. The minimum atomic E-state index is 0.297. The van der Waals surface area contributed by atoms with Crippen molar-refractivity contribution in [3.63, 3.8) is 0 Å². The maximum absolute atomic E-state index is 5.15. The van der Waals surface area contributed by atoms with E-state index in [-0.39, 0.29) is 0 Å². The predicted octanol–water partition coefficient (Wildman–Crippen LogP) is 1.50. The average Bonchev–Trinajstić information content (AvgIpc) is 2.80. The van der Waals surface area contributed by atoms with Crippen LogP contribution in [0.2, 0.25) is 0 Å². The Bertz CT molecular complexity index is 252. The van der Waals surface area contributed by atoms with Crippen molar-refractivity contribution in [2.75, 3.05) is 33.3 Å². The number of nitrogens with one attached hydrogen (secondary N) is 2. The zero-order valence-corrected chi connectivity index (χ0v) is 11.0. The molecule has 0 bridgehead atoms. The normalized spacial score (nSPS) is 12.9. The van der Waals surface area contributed by atoms with Crippen LogP contribution in [0.3, 0.4) is 0 Å². The highest BCUT2D eigenvalue weighted by molar-refractivity contribution is 7.07. The van der Waals surface area contributed by atoms with Gasteiger partial charge >= 0.3 is 0 Å². The van der Waals surface area contributed by atoms with Crippen molar-refractivity contribution in [2.24, 2.45) is 0 Å². The zero-order valence-electron chi connectivity index (χ0n) is 10.2. The van der Waals surface area contributed by atoms with Crippen molar-refractivity contribution in [3.8, 4) is 0 Å². The summed E-state index contributed by atoms with van der Waals surface area (Å²) in [6, 6.07) is 2.19. The second kappa shape index (κ2) is 8.70. The highest BCUT2D eigenvalue weighted by Crippen LogP contribution is 2.05. The van der Waals surface area contributed by atoms with Gasteiger partial charge in [0.2, 0.25) is 0 Å². The molecular weight excluding hydrogens is 220 g/mol. The molecular formula is C12H22N2OS. The number of thiophene rings is 1. The molecule has 0 aliphatic heterocycles. The van der Waals surface area contributed by atoms with Crippen molar-refractivity contribution in [1.29, 1.82) is 0 Å². The van der Waals surface area contributed by atoms with Crippen LogP contribution in [-0.4, -0.2) is 39.4 Å². The molecule has 2 N–H and O–H groups in total. The van der Waals surface area contributed by atoms with Gasteiger partial charge in [0, 0.05) is 26.7 Å². The van der Waals surface area contributed by atoms with Gasteiger partial charge in [0.05, 0.1) is 6.10 Å². The largest absolute Gasteiger partial charge is 0.380 e. The quantitative estimate of drug-likeness (QED) is 0.644. The highest BCUT2D eigenvalue weighted by atomic mass is 32.1. The molecule has 0 saturated carbocycles. The Morgan fingerprint density at radius 1 is 1.31 bits per heavy atom. The van der Waals surface area contributed by atoms with Crippen molar-refractivity contribution in [1.82, 2.24) is 10.6 Å². The van der Waals surface area contributed by atoms with Crippen molar-refractivity contribution in [2.45, 2.75) is 19.4 Å². The lowest BCUT2D eigenvalue weighted by atomic mass is 10.2. The van der Waals surface area contributed by atoms with Crippen molar-refractivity contribution < 1.29 is 4.74 Å². The standard InChI is InChI=1S/C12H22N2OS/c1-11(15-2)9-14-7-6-13-5-3-12-4-8-16-10-12/h4,8,10-11,13-14H,3,5-7,9H2,1-2H3. The summed E-state index contributed by atoms with van der Waals surface area (Å²) in [6.45, 7) is 6.05. The summed E-state index contributed by atoms with van der Waals surface area (Å²) in [4.78, 5) is 0. The molecule has 1 heterocycles. The summed E-state index contributed by atoms with van der Waals surface area (Å²) in [5.41, 5.74) is 1.43. The van der Waals surface area contributed by atoms with Crippen LogP contribution in [0.5, 0.6) is 0 Å². The fourth-order valence-electron chi connectivity index (χ4n) is 1.36. The lowest BCUT2D eigenvalue weighted by Gasteiger charge is -2.10. The van der Waals surface area contributed by atoms with Gasteiger partial charge in [0.15, 0.2) is 0 Å². The minimum Gasteiger partial charge on any atom is -0.380 e. The summed E-state index contributed by atoms with van der Waals surface area (Å²) in [6.07, 6.45) is 1.42. The Morgan fingerprint density at radius 2 is 2.12 bits per heavy atom. The van der Waals surface area contributed by atoms with E-state index in [0.717, 1.165) is 32.6 Å². The van der Waals surface area contributed by atoms with Gasteiger partial charge in [0.25, 0.3) is 0 Å². The maximum atomic E-state index is 5.15. The number of methoxy groups -OCH3 is 1. The molecule has 1 aromatic heterocycles. The first-order valence-corrected chi connectivity index (χ1v) is 6.72. The third kappa shape index (κ3) is 6.23. The van der Waals surface area contributed by atoms with Crippen LogP contribution in [0.1, 0.15) is 12.5 Å². The van der Waals surface area contributed by atoms with Crippen LogP contribution in [0.25, 0.3) is 0 Å². The van der Waals surface area contributed by atoms with E-state index in [0.29, 0.717) is 6.10 Å². The number of hydrogen-bond donors (Lipinski definition) is 2. The summed E-state index contributed by atoms with van der Waals surface area (Å²) < 4.78 is 5.15. The van der Waals surface area contributed by atoms with E-state index in [9.17, 15) is 0 Å². The Hall–Kier alpha value is -0.420. The van der Waals surface area contributed by atoms with Gasteiger partial charge in [-0.1, -0.05) is 0 Å². The second-order valence-corrected chi connectivity index (χ2v) is 4.66. The summed E-state index contributed by atoms with van der Waals surface area (Å²) in [5.74, 6) is 0. The van der Waals surface area contributed by atoms with E-state index in [2.05, 4.69) is 34.4 Å². The number of hydrogen-bond acceptors (Lipinski definition) is 4. The molecule has 0 radical (unpaired) electrons. The summed E-state index contributed by atoms with van der Waals surface area (Å²) in [5, 5.41) is 11.1. The summed E-state index contributed by atoms with van der Waals surface area (Å²) in [7, 11) is 1.74. The Kier molecular flexibility index (Phi) is 7.42. The van der Waals surface area contributed by atoms with E-state index < -0.39 is 0 Å². The van der Waals surface area contributed by atoms with Gasteiger partial charge in [-0.05, 0) is 42.3 Å². The van der Waals surface area contributed by atoms with E-state index in [1.54, 1.807) is 18.4 Å². The van der Waals surface area contributed by atoms with Crippen LogP contribution in [-0.2, 0) is 11.2 Å². The molecule has 0 amide bonds. The van der Waals surface area contributed by atoms with Crippen LogP contribution in [0, 0.1) is 0 Å². The molecule has 1 rings (SSSR count). The molecule has 0 saturated heterocycles. The molecule has 0 aromatic carbocycles. The highest BCUT2D eigenvalue weighted by Gasteiger charge is 1.97. The van der Waals surface area contributed by atoms with Crippen LogP contribution in [0.15, 0.2) is 16.8 Å². The fourth-order valence-corrected chi connectivity index (χ4v) is 2.06. The molecule has 1 unspecified atom stereocenters. The third-order valence-electron chi connectivity index (χ3n) is 2.48. The third-order valence-corrected chi connectivity index (χ3v) is 3.22. The molecule has 1 atom stereocenters. The van der Waals surface area contributed by atoms with Crippen molar-refractivity contribution >= 4 is 11.3 Å². The number of ether oxygens (including phenoxy) is 1. The van der Waals surface area contributed by atoms with E-state index >= 15 is 0 Å². The smallest absolute Gasteiger partial charge is 0.0667 e. The maximum Gasteiger partial charge on any atom is 0.0667 e. The first-order valence-electron chi connectivity index (χ1n) is 5.78. The van der Waals surface area contributed by atoms with E-state index in [4.69, 9.17) is 4.74 Å². The van der Waals surface area contributed by atoms with E-state index in [1.807, 2.05) is 0 Å². The van der Waals surface area contributed by atoms with Gasteiger partial charge in [-0.15, -0.1) is 0 Å². The van der Waals surface area contributed by atoms with Crippen LogP contribution in [0.4, 0.5) is 0 Å². The van der Waals surface area contributed by atoms with Gasteiger partial charge in [-0.25, -0.2) is 0 Å². The molecule has 0 aliphatic carbocycles. The average molecular weight is 242 g/mol. The molecule has 0 fully saturated rings. The molecule has 0 aliphatic rings. The molecule has 16 heavy (non-hydrogen) atoms. The minimum absolute atomic E-state index is 0.297. The first-order chi connectivity index (χ1) is 7.83. The van der Waals surface area contributed by atoms with Crippen LogP contribution < -0.4 is 10.6 Å². The molecule has 1 aromatic rings. The molecule has 0 spiro atoms. The lowest BCUT2D eigenvalue weighted by molar-refractivity contribution is 0.117. The van der Waals surface area contributed by atoms with Gasteiger partial charge < -0.3 is 15.4 Å². The molecule has 3 nitrogen and oxygen atoms in total. The SMILES string of the molecule is COC(C)CNCCNCCc1ccsc1. The number of rotatable bonds is 9. The first kappa shape index (κ1) is 13.6. The Balaban J connectivity index is 1.85. The Labute approximate surface area is 102 Å². The Morgan fingerprint density at radius 3 is 2.81 bits per heavy atom. The van der Waals surface area contributed by atoms with E-state index in [1.165, 1.54) is 5.56 Å². The topological polar surface area (TPSA) is 33.3 Å². The van der Waals surface area contributed by atoms with Gasteiger partial charge in [-0.3, -0.25) is 0 Å². The molecule has 92 valence electrons. The van der Waals surface area contributed by atoms with Crippen LogP contribution >= 0.6 is 11.3 Å². The summed E-state index contributed by atoms with van der Waals surface area (Å²) >= 11 is 1.76.